The van der Waals surface area contributed by atoms with Gasteiger partial charge in [0.15, 0.2) is 5.82 Å². The fourth-order valence-electron chi connectivity index (χ4n) is 2.54. The Morgan fingerprint density at radius 1 is 1.37 bits per heavy atom. The number of anilines is 1. The van der Waals surface area contributed by atoms with Gasteiger partial charge >= 0.3 is 0 Å². The number of nitrogens with one attached hydrogen (secondary N) is 1. The van der Waals surface area contributed by atoms with Gasteiger partial charge in [-0.3, -0.25) is 0 Å². The second-order valence-electron chi connectivity index (χ2n) is 4.63. The highest BCUT2D eigenvalue weighted by Crippen LogP contribution is 2.37. The Bertz CT molecular complexity index is 744. The predicted octanol–water partition coefficient (Wildman–Crippen LogP) is 2.31. The number of aryl methyl sites for hydroxylation is 1. The van der Waals surface area contributed by atoms with Crippen molar-refractivity contribution in [3.05, 3.63) is 40.7 Å². The molecule has 0 amide bonds. The van der Waals surface area contributed by atoms with Crippen molar-refractivity contribution in [1.29, 1.82) is 0 Å². The molecule has 96 valence electrons. The van der Waals surface area contributed by atoms with Gasteiger partial charge in [0.25, 0.3) is 0 Å². The lowest BCUT2D eigenvalue weighted by Gasteiger charge is -2.04. The molecule has 1 unspecified atom stereocenters. The zero-order valence-corrected chi connectivity index (χ0v) is 11.3. The summed E-state index contributed by atoms with van der Waals surface area (Å²) < 4.78 is 1.88. The maximum Gasteiger partial charge on any atom is 0.234 e. The summed E-state index contributed by atoms with van der Waals surface area (Å²) in [6, 6.07) is 8.43. The molecule has 1 aromatic carbocycles. The molecule has 3 aromatic rings. The third kappa shape index (κ3) is 1.56. The summed E-state index contributed by atoms with van der Waals surface area (Å²) in [6.45, 7) is 2.98. The molecule has 19 heavy (non-hydrogen) atoms. The number of nitrogens with zero attached hydrogens (tertiary/aromatic N) is 4. The van der Waals surface area contributed by atoms with Gasteiger partial charge in [-0.05, 0) is 11.6 Å². The lowest BCUT2D eigenvalue weighted by atomic mass is 10.0. The Labute approximate surface area is 114 Å². The average molecular weight is 271 g/mol. The van der Waals surface area contributed by atoms with E-state index in [1.54, 1.807) is 11.3 Å². The summed E-state index contributed by atoms with van der Waals surface area (Å²) in [7, 11) is 0. The van der Waals surface area contributed by atoms with E-state index in [2.05, 4.69) is 46.7 Å². The van der Waals surface area contributed by atoms with E-state index in [0.29, 0.717) is 5.92 Å². The fraction of sp³-hybridized carbons (Fsp3) is 0.308. The van der Waals surface area contributed by atoms with Crippen LogP contribution in [0.4, 0.5) is 5.69 Å². The van der Waals surface area contributed by atoms with Crippen molar-refractivity contribution in [2.24, 2.45) is 0 Å². The van der Waals surface area contributed by atoms with Crippen molar-refractivity contribution in [3.8, 4) is 0 Å². The van der Waals surface area contributed by atoms with E-state index in [4.69, 9.17) is 5.10 Å². The smallest absolute Gasteiger partial charge is 0.234 e. The van der Waals surface area contributed by atoms with Gasteiger partial charge in [0.2, 0.25) is 4.96 Å². The van der Waals surface area contributed by atoms with E-state index in [-0.39, 0.29) is 0 Å². The highest BCUT2D eigenvalue weighted by Gasteiger charge is 2.27. The molecule has 5 nitrogen and oxygen atoms in total. The van der Waals surface area contributed by atoms with E-state index in [1.165, 1.54) is 11.3 Å². The maximum atomic E-state index is 4.69. The Morgan fingerprint density at radius 2 is 2.26 bits per heavy atom. The van der Waals surface area contributed by atoms with Crippen LogP contribution < -0.4 is 5.32 Å². The topological polar surface area (TPSA) is 55.1 Å². The molecule has 0 saturated heterocycles. The van der Waals surface area contributed by atoms with Gasteiger partial charge in [-0.25, -0.2) is 0 Å². The molecule has 3 heterocycles. The van der Waals surface area contributed by atoms with Crippen molar-refractivity contribution in [2.75, 3.05) is 11.9 Å². The Balaban J connectivity index is 1.81. The highest BCUT2D eigenvalue weighted by atomic mass is 32.1. The first-order valence-corrected chi connectivity index (χ1v) is 7.22. The molecule has 0 aliphatic carbocycles. The van der Waals surface area contributed by atoms with E-state index < -0.39 is 0 Å². The Kier molecular flexibility index (Phi) is 2.32. The van der Waals surface area contributed by atoms with Crippen LogP contribution >= 0.6 is 11.3 Å². The Morgan fingerprint density at radius 3 is 3.16 bits per heavy atom. The molecule has 0 bridgehead atoms. The zero-order chi connectivity index (χ0) is 12.8. The first-order valence-electron chi connectivity index (χ1n) is 6.40. The van der Waals surface area contributed by atoms with Crippen LogP contribution in [-0.2, 0) is 6.42 Å². The number of hydrogen-bond donors (Lipinski definition) is 1. The SMILES string of the molecule is CCc1nnc2sc(C3CNc4ccccc43)nn12. The normalized spacial score (nSPS) is 17.6. The predicted molar refractivity (Wildman–Crippen MR) is 74.8 cm³/mol. The molecule has 1 N–H and O–H groups in total. The highest BCUT2D eigenvalue weighted by molar-refractivity contribution is 7.16. The van der Waals surface area contributed by atoms with Gasteiger partial charge in [-0.15, -0.1) is 10.2 Å². The maximum absolute atomic E-state index is 4.69. The van der Waals surface area contributed by atoms with Gasteiger partial charge in [0.05, 0.1) is 5.92 Å². The third-order valence-corrected chi connectivity index (χ3v) is 4.53. The minimum atomic E-state index is 0.326. The summed E-state index contributed by atoms with van der Waals surface area (Å²) >= 11 is 1.63. The number of benzene rings is 1. The standard InChI is InChI=1S/C13H13N5S/c1-2-11-15-16-13-18(11)17-12(19-13)9-7-14-10-6-4-3-5-8(9)10/h3-6,9,14H,2,7H2,1H3. The summed E-state index contributed by atoms with van der Waals surface area (Å²) in [5.74, 6) is 1.25. The largest absolute Gasteiger partial charge is 0.384 e. The molecule has 4 rings (SSSR count). The molecule has 1 aliphatic heterocycles. The molecule has 0 fully saturated rings. The van der Waals surface area contributed by atoms with Gasteiger partial charge in [0.1, 0.15) is 5.01 Å². The van der Waals surface area contributed by atoms with Crippen LogP contribution in [0.15, 0.2) is 24.3 Å². The van der Waals surface area contributed by atoms with Crippen LogP contribution in [0.25, 0.3) is 4.96 Å². The number of fused-ring (bicyclic) bond motifs is 2. The second-order valence-corrected chi connectivity index (χ2v) is 5.61. The quantitative estimate of drug-likeness (QED) is 0.777. The molecule has 1 atom stereocenters. The average Bonchev–Trinajstić information content (AvgIpc) is 3.10. The fourth-order valence-corrected chi connectivity index (χ4v) is 3.51. The first-order chi connectivity index (χ1) is 9.36. The monoisotopic (exact) mass is 271 g/mol. The molecule has 0 spiro atoms. The number of rotatable bonds is 2. The number of hydrogen-bond acceptors (Lipinski definition) is 5. The zero-order valence-electron chi connectivity index (χ0n) is 10.5. The Hall–Kier alpha value is -1.95. The molecular weight excluding hydrogens is 258 g/mol. The van der Waals surface area contributed by atoms with E-state index in [0.717, 1.165) is 28.8 Å². The van der Waals surface area contributed by atoms with E-state index >= 15 is 0 Å². The third-order valence-electron chi connectivity index (χ3n) is 3.52. The lowest BCUT2D eigenvalue weighted by Crippen LogP contribution is -2.04. The van der Waals surface area contributed by atoms with Crippen LogP contribution in [0.5, 0.6) is 0 Å². The number of aromatic nitrogens is 4. The molecular formula is C13H13N5S. The van der Waals surface area contributed by atoms with E-state index in [1.807, 2.05) is 4.52 Å². The van der Waals surface area contributed by atoms with Crippen molar-refractivity contribution < 1.29 is 0 Å². The van der Waals surface area contributed by atoms with Crippen LogP contribution in [-0.4, -0.2) is 26.4 Å². The van der Waals surface area contributed by atoms with Crippen molar-refractivity contribution in [2.45, 2.75) is 19.3 Å². The van der Waals surface area contributed by atoms with Crippen molar-refractivity contribution in [1.82, 2.24) is 19.8 Å². The summed E-state index contributed by atoms with van der Waals surface area (Å²) in [4.78, 5) is 0.885. The molecule has 0 saturated carbocycles. The second kappa shape index (κ2) is 4.03. The van der Waals surface area contributed by atoms with Crippen LogP contribution in [0.3, 0.4) is 0 Å². The van der Waals surface area contributed by atoms with Crippen molar-refractivity contribution in [3.63, 3.8) is 0 Å². The molecule has 1 aliphatic rings. The molecule has 2 aromatic heterocycles. The summed E-state index contributed by atoms with van der Waals surface area (Å²) in [5.41, 5.74) is 2.54. The molecule has 0 radical (unpaired) electrons. The van der Waals surface area contributed by atoms with Gasteiger partial charge in [0, 0.05) is 18.7 Å². The van der Waals surface area contributed by atoms with E-state index in [9.17, 15) is 0 Å². The van der Waals surface area contributed by atoms with Gasteiger partial charge in [-0.2, -0.15) is 9.61 Å². The number of para-hydroxylation sites is 1. The lowest BCUT2D eigenvalue weighted by molar-refractivity contribution is 0.783. The van der Waals surface area contributed by atoms with Gasteiger partial charge < -0.3 is 5.32 Å². The van der Waals surface area contributed by atoms with Crippen LogP contribution in [0.2, 0.25) is 0 Å². The minimum Gasteiger partial charge on any atom is -0.384 e. The summed E-state index contributed by atoms with van der Waals surface area (Å²) in [6.07, 6.45) is 0.851. The minimum absolute atomic E-state index is 0.326. The van der Waals surface area contributed by atoms with Crippen LogP contribution in [0, 0.1) is 0 Å². The molecule has 6 heteroatoms. The van der Waals surface area contributed by atoms with Gasteiger partial charge in [-0.1, -0.05) is 36.5 Å². The first kappa shape index (κ1) is 10.9. The van der Waals surface area contributed by atoms with Crippen LogP contribution in [0.1, 0.15) is 29.2 Å². The van der Waals surface area contributed by atoms with Crippen molar-refractivity contribution >= 4 is 22.0 Å². The summed E-state index contributed by atoms with van der Waals surface area (Å²) in [5, 5.41) is 17.6.